The van der Waals surface area contributed by atoms with Crippen molar-refractivity contribution in [2.24, 2.45) is 0 Å². The Kier molecular flexibility index (Phi) is 4.03. The molecule has 5 heteroatoms. The summed E-state index contributed by atoms with van der Waals surface area (Å²) in [6.45, 7) is 2.36. The van der Waals surface area contributed by atoms with E-state index in [4.69, 9.17) is 5.11 Å². The van der Waals surface area contributed by atoms with Crippen molar-refractivity contribution in [3.8, 4) is 5.75 Å². The Bertz CT molecular complexity index is 355. The average Bonchev–Trinajstić information content (AvgIpc) is 2.26. The second kappa shape index (κ2) is 4.96. The quantitative estimate of drug-likeness (QED) is 0.887. The van der Waals surface area contributed by atoms with Gasteiger partial charge in [-0.3, -0.25) is 0 Å². The van der Waals surface area contributed by atoms with E-state index < -0.39 is 18.2 Å². The van der Waals surface area contributed by atoms with Gasteiger partial charge in [0.25, 0.3) is 0 Å². The molecule has 0 amide bonds. The Hall–Kier alpha value is -1.23. The summed E-state index contributed by atoms with van der Waals surface area (Å²) in [5.74, 6) is 0.166. The van der Waals surface area contributed by atoms with E-state index in [-0.39, 0.29) is 12.4 Å². The summed E-state index contributed by atoms with van der Waals surface area (Å²) in [6.07, 6.45) is -4.33. The molecular weight excluding hydrogens is 233 g/mol. The molecule has 0 spiro atoms. The Morgan fingerprint density at radius 1 is 1.12 bits per heavy atom. The number of benzene rings is 1. The van der Waals surface area contributed by atoms with Crippen molar-refractivity contribution in [2.75, 3.05) is 13.2 Å². The maximum absolute atomic E-state index is 11.9. The second-order valence-electron chi connectivity index (χ2n) is 4.47. The third-order valence-corrected chi connectivity index (χ3v) is 2.43. The molecule has 0 aliphatic heterocycles. The molecule has 0 saturated heterocycles. The third kappa shape index (κ3) is 4.26. The highest BCUT2D eigenvalue weighted by Gasteiger charge is 2.28. The van der Waals surface area contributed by atoms with Crippen molar-refractivity contribution in [3.05, 3.63) is 29.8 Å². The zero-order chi connectivity index (χ0) is 13.1. The highest BCUT2D eigenvalue weighted by molar-refractivity contribution is 5.31. The first-order chi connectivity index (χ1) is 7.74. The van der Waals surface area contributed by atoms with Crippen molar-refractivity contribution in [3.63, 3.8) is 0 Å². The molecule has 96 valence electrons. The van der Waals surface area contributed by atoms with Gasteiger partial charge in [-0.1, -0.05) is 26.0 Å². The lowest BCUT2D eigenvalue weighted by molar-refractivity contribution is -0.153. The lowest BCUT2D eigenvalue weighted by Gasteiger charge is -2.22. The SMILES string of the molecule is CC(C)(CO)c1ccc(OCC(F)(F)F)cc1. The monoisotopic (exact) mass is 248 g/mol. The summed E-state index contributed by atoms with van der Waals surface area (Å²) in [6, 6.07) is 6.25. The number of aliphatic hydroxyl groups excluding tert-OH is 1. The molecule has 0 radical (unpaired) electrons. The molecule has 0 fully saturated rings. The fourth-order valence-electron chi connectivity index (χ4n) is 1.26. The standard InChI is InChI=1S/C12H15F3O2/c1-11(2,7-16)9-3-5-10(6-4-9)17-8-12(13,14)15/h3-6,16H,7-8H2,1-2H3. The number of hydrogen-bond donors (Lipinski definition) is 1. The van der Waals surface area contributed by atoms with Crippen molar-refractivity contribution in [1.82, 2.24) is 0 Å². The molecule has 1 N–H and O–H groups in total. The lowest BCUT2D eigenvalue weighted by atomic mass is 9.86. The molecule has 0 saturated carbocycles. The molecule has 2 nitrogen and oxygen atoms in total. The van der Waals surface area contributed by atoms with Gasteiger partial charge >= 0.3 is 6.18 Å². The first kappa shape index (κ1) is 13.8. The first-order valence-electron chi connectivity index (χ1n) is 5.15. The fourth-order valence-corrected chi connectivity index (χ4v) is 1.26. The fraction of sp³-hybridized carbons (Fsp3) is 0.500. The largest absolute Gasteiger partial charge is 0.484 e. The van der Waals surface area contributed by atoms with Crippen molar-refractivity contribution < 1.29 is 23.0 Å². The summed E-state index contributed by atoms with van der Waals surface area (Å²) in [4.78, 5) is 0. The Labute approximate surface area is 98.0 Å². The number of rotatable bonds is 4. The molecule has 0 heterocycles. The zero-order valence-corrected chi connectivity index (χ0v) is 9.71. The van der Waals surface area contributed by atoms with Crippen molar-refractivity contribution >= 4 is 0 Å². The summed E-state index contributed by atoms with van der Waals surface area (Å²) < 4.78 is 40.3. The molecule has 1 aromatic rings. The van der Waals surface area contributed by atoms with Gasteiger partial charge in [0.05, 0.1) is 6.61 Å². The van der Waals surface area contributed by atoms with Gasteiger partial charge in [0.1, 0.15) is 5.75 Å². The third-order valence-electron chi connectivity index (χ3n) is 2.43. The van der Waals surface area contributed by atoms with E-state index in [0.717, 1.165) is 5.56 Å². The number of halogens is 3. The average molecular weight is 248 g/mol. The van der Waals surface area contributed by atoms with Gasteiger partial charge in [-0.05, 0) is 17.7 Å². The van der Waals surface area contributed by atoms with E-state index in [9.17, 15) is 13.2 Å². The van der Waals surface area contributed by atoms with Crippen molar-refractivity contribution in [2.45, 2.75) is 25.4 Å². The van der Waals surface area contributed by atoms with Gasteiger partial charge in [0, 0.05) is 5.41 Å². The van der Waals surface area contributed by atoms with E-state index in [1.54, 1.807) is 12.1 Å². The molecule has 0 aliphatic rings. The van der Waals surface area contributed by atoms with Crippen LogP contribution in [0.2, 0.25) is 0 Å². The predicted octanol–water partition coefficient (Wildman–Crippen LogP) is 2.90. The van der Waals surface area contributed by atoms with Gasteiger partial charge in [-0.15, -0.1) is 0 Å². The molecule has 0 aromatic heterocycles. The smallest absolute Gasteiger partial charge is 0.422 e. The number of alkyl halides is 3. The molecule has 0 bridgehead atoms. The highest BCUT2D eigenvalue weighted by atomic mass is 19.4. The van der Waals surface area contributed by atoms with Crippen LogP contribution >= 0.6 is 0 Å². The van der Waals surface area contributed by atoms with Crippen LogP contribution in [0, 0.1) is 0 Å². The van der Waals surface area contributed by atoms with E-state index in [1.807, 2.05) is 13.8 Å². The second-order valence-corrected chi connectivity index (χ2v) is 4.47. The first-order valence-corrected chi connectivity index (χ1v) is 5.15. The summed E-state index contributed by atoms with van der Waals surface area (Å²) in [7, 11) is 0. The number of aliphatic hydroxyl groups is 1. The molecule has 1 aromatic carbocycles. The van der Waals surface area contributed by atoms with Gasteiger partial charge in [-0.2, -0.15) is 13.2 Å². The molecule has 0 aliphatic carbocycles. The van der Waals surface area contributed by atoms with Gasteiger partial charge < -0.3 is 9.84 Å². The van der Waals surface area contributed by atoms with Gasteiger partial charge in [-0.25, -0.2) is 0 Å². The zero-order valence-electron chi connectivity index (χ0n) is 9.71. The van der Waals surface area contributed by atoms with Crippen LogP contribution in [0.3, 0.4) is 0 Å². The minimum atomic E-state index is -4.33. The summed E-state index contributed by atoms with van der Waals surface area (Å²) >= 11 is 0. The van der Waals surface area contributed by atoms with Gasteiger partial charge in [0.15, 0.2) is 6.61 Å². The van der Waals surface area contributed by atoms with Crippen LogP contribution in [0.5, 0.6) is 5.75 Å². The normalized spacial score (nSPS) is 12.6. The van der Waals surface area contributed by atoms with Crippen LogP contribution in [0.4, 0.5) is 13.2 Å². The minimum Gasteiger partial charge on any atom is -0.484 e. The Morgan fingerprint density at radius 2 is 1.65 bits per heavy atom. The maximum Gasteiger partial charge on any atom is 0.422 e. The highest BCUT2D eigenvalue weighted by Crippen LogP contribution is 2.25. The van der Waals surface area contributed by atoms with Crippen LogP contribution in [-0.4, -0.2) is 24.5 Å². The molecule has 0 unspecified atom stereocenters. The van der Waals surface area contributed by atoms with Crippen LogP contribution < -0.4 is 4.74 Å². The molecule has 17 heavy (non-hydrogen) atoms. The minimum absolute atomic E-state index is 0.0320. The van der Waals surface area contributed by atoms with Crippen LogP contribution in [-0.2, 0) is 5.41 Å². The van der Waals surface area contributed by atoms with Crippen molar-refractivity contribution in [1.29, 1.82) is 0 Å². The van der Waals surface area contributed by atoms with E-state index in [0.29, 0.717) is 0 Å². The number of ether oxygens (including phenoxy) is 1. The van der Waals surface area contributed by atoms with Crippen LogP contribution in [0.15, 0.2) is 24.3 Å². The van der Waals surface area contributed by atoms with Crippen LogP contribution in [0.1, 0.15) is 19.4 Å². The molecule has 1 rings (SSSR count). The summed E-state index contributed by atoms with van der Waals surface area (Å²) in [5, 5.41) is 9.15. The Morgan fingerprint density at radius 3 is 2.06 bits per heavy atom. The maximum atomic E-state index is 11.9. The van der Waals surface area contributed by atoms with Gasteiger partial charge in [0.2, 0.25) is 0 Å². The van der Waals surface area contributed by atoms with E-state index in [1.165, 1.54) is 12.1 Å². The van der Waals surface area contributed by atoms with E-state index in [2.05, 4.69) is 4.74 Å². The topological polar surface area (TPSA) is 29.5 Å². The molecular formula is C12H15F3O2. The lowest BCUT2D eigenvalue weighted by Crippen LogP contribution is -2.22. The molecule has 0 atom stereocenters. The Balaban J connectivity index is 2.69. The van der Waals surface area contributed by atoms with Crippen LogP contribution in [0.25, 0.3) is 0 Å². The van der Waals surface area contributed by atoms with E-state index >= 15 is 0 Å². The summed E-state index contributed by atoms with van der Waals surface area (Å²) in [5.41, 5.74) is 0.432. The number of hydrogen-bond acceptors (Lipinski definition) is 2. The predicted molar refractivity (Wildman–Crippen MR) is 58.1 cm³/mol.